The molecule has 0 atom stereocenters. The zero-order valence-corrected chi connectivity index (χ0v) is 13.1. The lowest BCUT2D eigenvalue weighted by Crippen LogP contribution is -2.35. The van der Waals surface area contributed by atoms with Crippen LogP contribution in [0.2, 0.25) is 5.02 Å². The Labute approximate surface area is 137 Å². The van der Waals surface area contributed by atoms with Gasteiger partial charge in [0.15, 0.2) is 0 Å². The first-order valence-corrected chi connectivity index (χ1v) is 7.07. The van der Waals surface area contributed by atoms with Gasteiger partial charge in [0, 0.05) is 0 Å². The molecule has 0 fully saturated rings. The molecule has 0 saturated carbocycles. The first kappa shape index (κ1) is 16.4. The first-order chi connectivity index (χ1) is 10.4. The minimum Gasteiger partial charge on any atom is -0.306 e. The van der Waals surface area contributed by atoms with Gasteiger partial charge in [0.1, 0.15) is 11.6 Å². The molecule has 0 heterocycles. The molecule has 4 nitrogen and oxygen atoms in total. The third kappa shape index (κ3) is 3.80. The van der Waals surface area contributed by atoms with Crippen molar-refractivity contribution in [3.63, 3.8) is 0 Å². The maximum atomic E-state index is 13.6. The first-order valence-electron chi connectivity index (χ1n) is 5.90. The second-order valence-electron chi connectivity index (χ2n) is 4.13. The minimum atomic E-state index is -1.08. The smallest absolute Gasteiger partial charge is 0.306 e. The van der Waals surface area contributed by atoms with E-state index >= 15 is 0 Å². The van der Waals surface area contributed by atoms with Gasteiger partial charge in [-0.25, -0.2) is 13.6 Å². The summed E-state index contributed by atoms with van der Waals surface area (Å²) in [5, 5.41) is 4.49. The number of para-hydroxylation sites is 1. The number of hydrogen-bond donors (Lipinski definition) is 2. The van der Waals surface area contributed by atoms with E-state index in [1.807, 2.05) is 5.32 Å². The largest absolute Gasteiger partial charge is 0.326 e. The van der Waals surface area contributed by atoms with E-state index in [0.29, 0.717) is 6.07 Å². The van der Waals surface area contributed by atoms with Gasteiger partial charge in [0.25, 0.3) is 5.91 Å². The number of imide groups is 1. The standard InChI is InChI=1S/C14H8BrClF2N2O2/c15-8-6-10(17)7(5-11(8)18)13(21)20-14(22)19-12-4-2-1-3-9(12)16/h1-6H,(H2,19,20,21,22). The highest BCUT2D eigenvalue weighted by atomic mass is 79.9. The van der Waals surface area contributed by atoms with E-state index in [4.69, 9.17) is 11.6 Å². The Morgan fingerprint density at radius 2 is 1.77 bits per heavy atom. The molecule has 2 rings (SSSR count). The molecule has 0 aliphatic heterocycles. The third-order valence-electron chi connectivity index (χ3n) is 2.60. The Morgan fingerprint density at radius 3 is 2.45 bits per heavy atom. The van der Waals surface area contributed by atoms with Crippen LogP contribution in [0.25, 0.3) is 0 Å². The van der Waals surface area contributed by atoms with Crippen molar-refractivity contribution in [2.75, 3.05) is 5.32 Å². The molecule has 0 aliphatic rings. The number of carbonyl (C=O) groups is 2. The van der Waals surface area contributed by atoms with Gasteiger partial charge in [-0.05, 0) is 40.2 Å². The SMILES string of the molecule is O=C(NC(=O)c1cc(F)c(Br)cc1F)Nc1ccccc1Cl. The molecule has 2 N–H and O–H groups in total. The highest BCUT2D eigenvalue weighted by Crippen LogP contribution is 2.21. The van der Waals surface area contributed by atoms with Crippen molar-refractivity contribution in [1.29, 1.82) is 0 Å². The number of anilines is 1. The van der Waals surface area contributed by atoms with Crippen LogP contribution in [0.5, 0.6) is 0 Å². The summed E-state index contributed by atoms with van der Waals surface area (Å²) in [6.45, 7) is 0. The van der Waals surface area contributed by atoms with Crippen molar-refractivity contribution >= 4 is 45.2 Å². The van der Waals surface area contributed by atoms with Gasteiger partial charge >= 0.3 is 6.03 Å². The maximum Gasteiger partial charge on any atom is 0.326 e. The van der Waals surface area contributed by atoms with Crippen LogP contribution in [0.4, 0.5) is 19.3 Å². The number of urea groups is 1. The van der Waals surface area contributed by atoms with E-state index in [1.165, 1.54) is 6.07 Å². The summed E-state index contributed by atoms with van der Waals surface area (Å²) >= 11 is 8.63. The normalized spacial score (nSPS) is 10.2. The molecule has 0 aromatic heterocycles. The van der Waals surface area contributed by atoms with Crippen molar-refractivity contribution in [2.24, 2.45) is 0 Å². The molecular weight excluding hydrogens is 382 g/mol. The molecular formula is C14H8BrClF2N2O2. The second kappa shape index (κ2) is 6.85. The Balaban J connectivity index is 2.11. The number of amides is 3. The van der Waals surface area contributed by atoms with Gasteiger partial charge in [-0.2, -0.15) is 0 Å². The van der Waals surface area contributed by atoms with E-state index in [0.717, 1.165) is 6.07 Å². The highest BCUT2D eigenvalue weighted by Gasteiger charge is 2.17. The number of nitrogens with one attached hydrogen (secondary N) is 2. The zero-order chi connectivity index (χ0) is 16.3. The Hall–Kier alpha value is -1.99. The van der Waals surface area contributed by atoms with E-state index in [9.17, 15) is 18.4 Å². The van der Waals surface area contributed by atoms with Gasteiger partial charge in [-0.15, -0.1) is 0 Å². The lowest BCUT2D eigenvalue weighted by molar-refractivity contribution is 0.0962. The van der Waals surface area contributed by atoms with Crippen LogP contribution in [0, 0.1) is 11.6 Å². The third-order valence-corrected chi connectivity index (χ3v) is 3.54. The fourth-order valence-corrected chi connectivity index (χ4v) is 2.08. The Morgan fingerprint density at radius 1 is 1.09 bits per heavy atom. The minimum absolute atomic E-state index is 0.123. The molecule has 22 heavy (non-hydrogen) atoms. The number of halogens is 4. The van der Waals surface area contributed by atoms with E-state index in [1.54, 1.807) is 18.2 Å². The van der Waals surface area contributed by atoms with Gasteiger partial charge in [-0.1, -0.05) is 23.7 Å². The fourth-order valence-electron chi connectivity index (χ4n) is 1.58. The summed E-state index contributed by atoms with van der Waals surface area (Å²) < 4.78 is 26.8. The second-order valence-corrected chi connectivity index (χ2v) is 5.40. The van der Waals surface area contributed by atoms with Gasteiger partial charge < -0.3 is 5.32 Å². The van der Waals surface area contributed by atoms with Gasteiger partial charge in [-0.3, -0.25) is 10.1 Å². The van der Waals surface area contributed by atoms with E-state index in [-0.39, 0.29) is 15.2 Å². The molecule has 2 aromatic rings. The number of carbonyl (C=O) groups excluding carboxylic acids is 2. The van der Waals surface area contributed by atoms with Crippen molar-refractivity contribution in [2.45, 2.75) is 0 Å². The van der Waals surface area contributed by atoms with Crippen LogP contribution in [-0.2, 0) is 0 Å². The Bertz CT molecular complexity index is 756. The highest BCUT2D eigenvalue weighted by molar-refractivity contribution is 9.10. The average molecular weight is 390 g/mol. The molecule has 0 unspecified atom stereocenters. The molecule has 2 aromatic carbocycles. The van der Waals surface area contributed by atoms with Gasteiger partial charge in [0.2, 0.25) is 0 Å². The molecule has 0 aliphatic carbocycles. The number of benzene rings is 2. The number of hydrogen-bond acceptors (Lipinski definition) is 2. The summed E-state index contributed by atoms with van der Waals surface area (Å²) in [5.74, 6) is -2.86. The molecule has 114 valence electrons. The Kier molecular flexibility index (Phi) is 5.10. The van der Waals surface area contributed by atoms with Crippen LogP contribution in [0.15, 0.2) is 40.9 Å². The lowest BCUT2D eigenvalue weighted by atomic mass is 10.2. The quantitative estimate of drug-likeness (QED) is 0.751. The fraction of sp³-hybridized carbons (Fsp3) is 0. The maximum absolute atomic E-state index is 13.6. The van der Waals surface area contributed by atoms with Crippen LogP contribution in [-0.4, -0.2) is 11.9 Å². The monoisotopic (exact) mass is 388 g/mol. The van der Waals surface area contributed by atoms with Crippen LogP contribution < -0.4 is 10.6 Å². The van der Waals surface area contributed by atoms with Crippen molar-refractivity contribution in [3.8, 4) is 0 Å². The van der Waals surface area contributed by atoms with Crippen molar-refractivity contribution < 1.29 is 18.4 Å². The molecule has 0 saturated heterocycles. The predicted molar refractivity (Wildman–Crippen MR) is 82.0 cm³/mol. The molecule has 3 amide bonds. The van der Waals surface area contributed by atoms with E-state index in [2.05, 4.69) is 21.2 Å². The van der Waals surface area contributed by atoms with E-state index < -0.39 is 29.1 Å². The van der Waals surface area contributed by atoms with Gasteiger partial charge in [0.05, 0.1) is 20.7 Å². The summed E-state index contributed by atoms with van der Waals surface area (Å²) in [6, 6.07) is 6.94. The lowest BCUT2D eigenvalue weighted by Gasteiger charge is -2.09. The average Bonchev–Trinajstić information content (AvgIpc) is 2.45. The summed E-state index contributed by atoms with van der Waals surface area (Å²) in [4.78, 5) is 23.5. The number of rotatable bonds is 2. The summed E-state index contributed by atoms with van der Waals surface area (Å²) in [5.41, 5.74) is -0.313. The summed E-state index contributed by atoms with van der Waals surface area (Å²) in [6.07, 6.45) is 0. The topological polar surface area (TPSA) is 58.2 Å². The van der Waals surface area contributed by atoms with Crippen molar-refractivity contribution in [1.82, 2.24) is 5.32 Å². The molecule has 8 heteroatoms. The predicted octanol–water partition coefficient (Wildman–Crippen LogP) is 4.34. The zero-order valence-electron chi connectivity index (χ0n) is 10.8. The van der Waals surface area contributed by atoms with Crippen molar-refractivity contribution in [3.05, 3.63) is 63.1 Å². The summed E-state index contributed by atoms with van der Waals surface area (Å²) in [7, 11) is 0. The van der Waals surface area contributed by atoms with Crippen LogP contribution in [0.1, 0.15) is 10.4 Å². The molecule has 0 bridgehead atoms. The van der Waals surface area contributed by atoms with Crippen LogP contribution in [0.3, 0.4) is 0 Å². The molecule has 0 spiro atoms. The van der Waals surface area contributed by atoms with Crippen LogP contribution >= 0.6 is 27.5 Å². The molecule has 0 radical (unpaired) electrons.